The van der Waals surface area contributed by atoms with Crippen LogP contribution < -0.4 is 15.4 Å². The first-order valence-corrected chi connectivity index (χ1v) is 7.70. The lowest BCUT2D eigenvalue weighted by atomic mass is 10.1. The molecular formula is C18H25IN4O. The summed E-state index contributed by atoms with van der Waals surface area (Å²) in [6.45, 7) is 3.63. The highest BCUT2D eigenvalue weighted by Gasteiger charge is 2.01. The van der Waals surface area contributed by atoms with Crippen molar-refractivity contribution >= 4 is 29.9 Å². The van der Waals surface area contributed by atoms with E-state index in [9.17, 15) is 0 Å². The van der Waals surface area contributed by atoms with Gasteiger partial charge in [-0.05, 0) is 48.2 Å². The van der Waals surface area contributed by atoms with Crippen molar-refractivity contribution < 1.29 is 4.74 Å². The maximum absolute atomic E-state index is 5.16. The smallest absolute Gasteiger partial charge is 0.191 e. The maximum atomic E-state index is 5.16. The van der Waals surface area contributed by atoms with Crippen LogP contribution in [0, 0.1) is 6.92 Å². The van der Waals surface area contributed by atoms with Crippen molar-refractivity contribution in [3.63, 3.8) is 0 Å². The molecule has 0 aliphatic carbocycles. The first-order valence-electron chi connectivity index (χ1n) is 7.70. The summed E-state index contributed by atoms with van der Waals surface area (Å²) < 4.78 is 5.16. The molecule has 1 aromatic carbocycles. The molecule has 2 aromatic rings. The van der Waals surface area contributed by atoms with Crippen LogP contribution in [0.15, 0.2) is 47.7 Å². The molecule has 0 aliphatic rings. The van der Waals surface area contributed by atoms with Crippen molar-refractivity contribution in [3.05, 3.63) is 59.4 Å². The normalized spacial score (nSPS) is 10.7. The van der Waals surface area contributed by atoms with E-state index >= 15 is 0 Å². The van der Waals surface area contributed by atoms with Crippen molar-refractivity contribution in [1.82, 2.24) is 15.6 Å². The van der Waals surface area contributed by atoms with Crippen LogP contribution in [0.2, 0.25) is 0 Å². The van der Waals surface area contributed by atoms with Gasteiger partial charge in [0.15, 0.2) is 5.96 Å². The third kappa shape index (κ3) is 6.35. The number of rotatable bonds is 6. The predicted octanol–water partition coefficient (Wildman–Crippen LogP) is 2.92. The van der Waals surface area contributed by atoms with E-state index in [1.807, 2.05) is 36.7 Å². The Labute approximate surface area is 161 Å². The number of pyridine rings is 1. The number of benzene rings is 1. The third-order valence-corrected chi connectivity index (χ3v) is 3.67. The molecule has 6 heteroatoms. The molecule has 130 valence electrons. The van der Waals surface area contributed by atoms with E-state index in [1.54, 1.807) is 14.2 Å². The van der Waals surface area contributed by atoms with Crippen LogP contribution in [0.3, 0.4) is 0 Å². The van der Waals surface area contributed by atoms with Crippen molar-refractivity contribution in [2.75, 3.05) is 20.7 Å². The van der Waals surface area contributed by atoms with Crippen molar-refractivity contribution in [2.24, 2.45) is 4.99 Å². The summed E-state index contributed by atoms with van der Waals surface area (Å²) in [4.78, 5) is 8.36. The van der Waals surface area contributed by atoms with Crippen molar-refractivity contribution in [3.8, 4) is 5.75 Å². The van der Waals surface area contributed by atoms with Gasteiger partial charge in [0.2, 0.25) is 0 Å². The zero-order valence-electron chi connectivity index (χ0n) is 14.4. The Morgan fingerprint density at radius 1 is 1.17 bits per heavy atom. The summed E-state index contributed by atoms with van der Waals surface area (Å²) >= 11 is 0. The standard InChI is InChI=1S/C18H24N4O.HI/c1-14-12-20-10-8-16(14)9-11-21-18(19-2)22-13-15-4-6-17(23-3)7-5-15;/h4-8,10,12H,9,11,13H2,1-3H3,(H2,19,21,22);1H. The summed E-state index contributed by atoms with van der Waals surface area (Å²) in [6, 6.07) is 10.1. The number of nitrogens with one attached hydrogen (secondary N) is 2. The number of hydrogen-bond acceptors (Lipinski definition) is 3. The molecule has 0 fully saturated rings. The summed E-state index contributed by atoms with van der Waals surface area (Å²) in [5.41, 5.74) is 3.70. The minimum atomic E-state index is 0. The second-order valence-electron chi connectivity index (χ2n) is 5.25. The molecule has 2 rings (SSSR count). The van der Waals surface area contributed by atoms with Gasteiger partial charge in [-0.15, -0.1) is 24.0 Å². The zero-order chi connectivity index (χ0) is 16.5. The van der Waals surface area contributed by atoms with Gasteiger partial charge in [-0.2, -0.15) is 0 Å². The molecule has 1 heterocycles. The lowest BCUT2D eigenvalue weighted by molar-refractivity contribution is 0.414. The van der Waals surface area contributed by atoms with Crippen LogP contribution in [-0.2, 0) is 13.0 Å². The second-order valence-corrected chi connectivity index (χ2v) is 5.25. The van der Waals surface area contributed by atoms with Gasteiger partial charge in [0.1, 0.15) is 5.75 Å². The van der Waals surface area contributed by atoms with E-state index in [0.717, 1.165) is 31.2 Å². The Hall–Kier alpha value is -1.83. The fourth-order valence-corrected chi connectivity index (χ4v) is 2.25. The monoisotopic (exact) mass is 440 g/mol. The molecule has 0 unspecified atom stereocenters. The molecule has 0 bridgehead atoms. The molecule has 0 atom stereocenters. The van der Waals surface area contributed by atoms with E-state index in [0.29, 0.717) is 0 Å². The summed E-state index contributed by atoms with van der Waals surface area (Å²) in [5.74, 6) is 1.66. The number of aliphatic imine (C=N–C) groups is 1. The van der Waals surface area contributed by atoms with E-state index in [2.05, 4.69) is 33.6 Å². The lowest BCUT2D eigenvalue weighted by Gasteiger charge is -2.13. The van der Waals surface area contributed by atoms with E-state index in [4.69, 9.17) is 4.74 Å². The molecule has 5 nitrogen and oxygen atoms in total. The van der Waals surface area contributed by atoms with E-state index in [-0.39, 0.29) is 24.0 Å². The molecule has 0 aliphatic heterocycles. The van der Waals surface area contributed by atoms with E-state index < -0.39 is 0 Å². The maximum Gasteiger partial charge on any atom is 0.191 e. The van der Waals surface area contributed by atoms with Crippen LogP contribution in [-0.4, -0.2) is 31.6 Å². The fraction of sp³-hybridized carbons (Fsp3) is 0.333. The SMILES string of the molecule is CN=C(NCCc1ccncc1C)NCc1ccc(OC)cc1.I. The predicted molar refractivity (Wildman–Crippen MR) is 109 cm³/mol. The minimum Gasteiger partial charge on any atom is -0.497 e. The van der Waals surface area contributed by atoms with Gasteiger partial charge in [0.25, 0.3) is 0 Å². The molecule has 0 saturated carbocycles. The molecule has 24 heavy (non-hydrogen) atoms. The van der Waals surface area contributed by atoms with Crippen LogP contribution >= 0.6 is 24.0 Å². The summed E-state index contributed by atoms with van der Waals surface area (Å²) in [5, 5.41) is 6.64. The zero-order valence-corrected chi connectivity index (χ0v) is 16.7. The van der Waals surface area contributed by atoms with Crippen molar-refractivity contribution in [1.29, 1.82) is 0 Å². The van der Waals surface area contributed by atoms with Crippen molar-refractivity contribution in [2.45, 2.75) is 19.9 Å². The Balaban J connectivity index is 0.00000288. The highest BCUT2D eigenvalue weighted by molar-refractivity contribution is 14.0. The van der Waals surface area contributed by atoms with Gasteiger partial charge in [-0.25, -0.2) is 0 Å². The first kappa shape index (κ1) is 20.2. The molecule has 0 amide bonds. The third-order valence-electron chi connectivity index (χ3n) is 3.67. The topological polar surface area (TPSA) is 58.5 Å². The molecular weight excluding hydrogens is 415 g/mol. The summed E-state index contributed by atoms with van der Waals surface area (Å²) in [7, 11) is 3.45. The molecule has 0 radical (unpaired) electrons. The Morgan fingerprint density at radius 2 is 1.92 bits per heavy atom. The van der Waals surface area contributed by atoms with Gasteiger partial charge in [0.05, 0.1) is 7.11 Å². The van der Waals surface area contributed by atoms with Crippen LogP contribution in [0.5, 0.6) is 5.75 Å². The Morgan fingerprint density at radius 3 is 2.54 bits per heavy atom. The van der Waals surface area contributed by atoms with Gasteiger partial charge in [0, 0.05) is 32.5 Å². The highest BCUT2D eigenvalue weighted by atomic mass is 127. The van der Waals surface area contributed by atoms with Crippen LogP contribution in [0.25, 0.3) is 0 Å². The molecule has 0 saturated heterocycles. The van der Waals surface area contributed by atoms with Gasteiger partial charge < -0.3 is 15.4 Å². The number of halogens is 1. The number of aromatic nitrogens is 1. The van der Waals surface area contributed by atoms with Crippen LogP contribution in [0.4, 0.5) is 0 Å². The van der Waals surface area contributed by atoms with Gasteiger partial charge >= 0.3 is 0 Å². The largest absolute Gasteiger partial charge is 0.497 e. The quantitative estimate of drug-likeness (QED) is 0.412. The van der Waals surface area contributed by atoms with Gasteiger partial charge in [-0.1, -0.05) is 12.1 Å². The summed E-state index contributed by atoms with van der Waals surface area (Å²) in [6.07, 6.45) is 4.67. The number of ether oxygens (including phenoxy) is 1. The Kier molecular flexibility index (Phi) is 9.14. The molecule has 1 aromatic heterocycles. The number of methoxy groups -OCH3 is 1. The lowest BCUT2D eigenvalue weighted by Crippen LogP contribution is -2.37. The fourth-order valence-electron chi connectivity index (χ4n) is 2.25. The first-order chi connectivity index (χ1) is 11.2. The number of aryl methyl sites for hydroxylation is 1. The average molecular weight is 440 g/mol. The number of guanidine groups is 1. The molecule has 2 N–H and O–H groups in total. The molecule has 0 spiro atoms. The average Bonchev–Trinajstić information content (AvgIpc) is 2.60. The minimum absolute atomic E-state index is 0. The second kappa shape index (κ2) is 10.9. The van der Waals surface area contributed by atoms with Gasteiger partial charge in [-0.3, -0.25) is 9.98 Å². The highest BCUT2D eigenvalue weighted by Crippen LogP contribution is 2.10. The van der Waals surface area contributed by atoms with Crippen LogP contribution in [0.1, 0.15) is 16.7 Å². The Bertz CT molecular complexity index is 644. The number of nitrogens with zero attached hydrogens (tertiary/aromatic N) is 2. The van der Waals surface area contributed by atoms with E-state index in [1.165, 1.54) is 16.7 Å². The number of hydrogen-bond donors (Lipinski definition) is 2.